The minimum absolute atomic E-state index is 0.0839. The number of fused-ring (bicyclic) bond motifs is 1. The molecule has 8 nitrogen and oxygen atoms in total. The van der Waals surface area contributed by atoms with Crippen molar-refractivity contribution in [2.45, 2.75) is 12.5 Å². The van der Waals surface area contributed by atoms with Gasteiger partial charge in [-0.3, -0.25) is 0 Å². The van der Waals surface area contributed by atoms with Gasteiger partial charge >= 0.3 is 5.69 Å². The minimum Gasteiger partial charge on any atom is -0.383 e. The average Bonchev–Trinajstić information content (AvgIpc) is 2.71. The van der Waals surface area contributed by atoms with Crippen molar-refractivity contribution in [2.75, 3.05) is 25.6 Å². The van der Waals surface area contributed by atoms with Crippen LogP contribution in [0.5, 0.6) is 0 Å². The van der Waals surface area contributed by atoms with Crippen molar-refractivity contribution >= 4 is 11.5 Å². The summed E-state index contributed by atoms with van der Waals surface area (Å²) in [5.74, 6) is 0.636. The van der Waals surface area contributed by atoms with Gasteiger partial charge in [0.1, 0.15) is 12.1 Å². The van der Waals surface area contributed by atoms with Gasteiger partial charge in [0.2, 0.25) is 0 Å². The van der Waals surface area contributed by atoms with Crippen molar-refractivity contribution in [1.82, 2.24) is 19.6 Å². The third-order valence-electron chi connectivity index (χ3n) is 2.54. The predicted octanol–water partition coefficient (Wildman–Crippen LogP) is -0.807. The van der Waals surface area contributed by atoms with Crippen LogP contribution in [0.4, 0.5) is 5.82 Å². The number of H-pyrrole nitrogens is 1. The average molecular weight is 252 g/mol. The second-order valence-corrected chi connectivity index (χ2v) is 3.91. The summed E-state index contributed by atoms with van der Waals surface area (Å²) >= 11 is 0. The molecule has 0 saturated heterocycles. The number of nitrogens with one attached hydrogen (secondary N) is 2. The van der Waals surface area contributed by atoms with Crippen molar-refractivity contribution in [1.29, 1.82) is 0 Å². The predicted molar refractivity (Wildman–Crippen MR) is 66.6 cm³/mol. The molecule has 0 saturated carbocycles. The molecule has 2 aromatic rings. The summed E-state index contributed by atoms with van der Waals surface area (Å²) in [5.41, 5.74) is 5.74. The Hall–Kier alpha value is -1.93. The Morgan fingerprint density at radius 3 is 3.22 bits per heavy atom. The summed E-state index contributed by atoms with van der Waals surface area (Å²) in [5, 5.41) is 9.42. The van der Waals surface area contributed by atoms with Crippen molar-refractivity contribution < 1.29 is 4.74 Å². The van der Waals surface area contributed by atoms with Crippen LogP contribution < -0.4 is 16.7 Å². The highest BCUT2D eigenvalue weighted by Crippen LogP contribution is 2.07. The van der Waals surface area contributed by atoms with Gasteiger partial charge in [-0.05, 0) is 13.0 Å². The van der Waals surface area contributed by atoms with Gasteiger partial charge in [-0.1, -0.05) is 0 Å². The summed E-state index contributed by atoms with van der Waals surface area (Å²) in [6.45, 7) is 1.10. The molecule has 0 fully saturated rings. The van der Waals surface area contributed by atoms with Crippen LogP contribution in [0.1, 0.15) is 6.42 Å². The largest absolute Gasteiger partial charge is 0.383 e. The van der Waals surface area contributed by atoms with E-state index in [0.717, 1.165) is 6.42 Å². The number of aromatic amines is 1. The third kappa shape index (κ3) is 2.66. The Balaban J connectivity index is 2.17. The summed E-state index contributed by atoms with van der Waals surface area (Å²) in [6, 6.07) is 1.78. The number of hydrogen-bond acceptors (Lipinski definition) is 6. The number of methoxy groups -OCH3 is 1. The van der Waals surface area contributed by atoms with Gasteiger partial charge in [-0.2, -0.15) is 5.10 Å². The van der Waals surface area contributed by atoms with Crippen molar-refractivity contribution in [3.05, 3.63) is 22.9 Å². The first kappa shape index (κ1) is 12.5. The van der Waals surface area contributed by atoms with E-state index < -0.39 is 0 Å². The van der Waals surface area contributed by atoms with Gasteiger partial charge in [0.25, 0.3) is 0 Å². The smallest absolute Gasteiger partial charge is 0.348 e. The summed E-state index contributed by atoms with van der Waals surface area (Å²) in [6.07, 6.45) is 2.20. The van der Waals surface area contributed by atoms with Crippen LogP contribution in [0.3, 0.4) is 0 Å². The molecule has 2 rings (SSSR count). The first-order chi connectivity index (χ1) is 8.74. The van der Waals surface area contributed by atoms with Crippen LogP contribution >= 0.6 is 0 Å². The Morgan fingerprint density at radius 2 is 2.50 bits per heavy atom. The topological polar surface area (TPSA) is 110 Å². The van der Waals surface area contributed by atoms with E-state index in [1.54, 1.807) is 13.2 Å². The monoisotopic (exact) mass is 252 g/mol. The van der Waals surface area contributed by atoms with E-state index in [2.05, 4.69) is 20.5 Å². The van der Waals surface area contributed by atoms with Crippen LogP contribution in [0.2, 0.25) is 0 Å². The molecule has 0 radical (unpaired) electrons. The third-order valence-corrected chi connectivity index (χ3v) is 2.54. The molecule has 8 heteroatoms. The number of anilines is 1. The van der Waals surface area contributed by atoms with Gasteiger partial charge in [-0.15, -0.1) is 0 Å². The lowest BCUT2D eigenvalue weighted by molar-refractivity contribution is 0.183. The second-order valence-electron chi connectivity index (χ2n) is 3.91. The van der Waals surface area contributed by atoms with E-state index in [1.165, 1.54) is 10.7 Å². The molecule has 2 heterocycles. The Labute approximate surface area is 103 Å². The molecule has 0 bridgehead atoms. The van der Waals surface area contributed by atoms with Crippen molar-refractivity contribution in [3.63, 3.8) is 0 Å². The molecule has 1 unspecified atom stereocenters. The van der Waals surface area contributed by atoms with Crippen molar-refractivity contribution in [2.24, 2.45) is 5.73 Å². The lowest BCUT2D eigenvalue weighted by Gasteiger charge is -2.17. The number of hydrogen-bond donors (Lipinski definition) is 3. The zero-order chi connectivity index (χ0) is 13.0. The van der Waals surface area contributed by atoms with E-state index >= 15 is 0 Å². The Kier molecular flexibility index (Phi) is 3.90. The summed E-state index contributed by atoms with van der Waals surface area (Å²) < 4.78 is 6.43. The molecular formula is C10H16N6O2. The highest BCUT2D eigenvalue weighted by Gasteiger charge is 2.09. The minimum atomic E-state index is -0.306. The van der Waals surface area contributed by atoms with E-state index in [9.17, 15) is 4.79 Å². The summed E-state index contributed by atoms with van der Waals surface area (Å²) in [4.78, 5) is 15.4. The molecule has 0 aliphatic rings. The fourth-order valence-electron chi connectivity index (χ4n) is 1.70. The van der Waals surface area contributed by atoms with E-state index in [1.807, 2.05) is 0 Å². The Bertz CT molecular complexity index is 557. The van der Waals surface area contributed by atoms with Crippen LogP contribution in [0, 0.1) is 0 Å². The lowest BCUT2D eigenvalue weighted by atomic mass is 10.2. The number of rotatable bonds is 6. The number of ether oxygens (including phenoxy) is 1. The molecule has 0 aliphatic carbocycles. The molecule has 1 atom stereocenters. The van der Waals surface area contributed by atoms with Gasteiger partial charge < -0.3 is 15.8 Å². The van der Waals surface area contributed by atoms with Crippen LogP contribution in [-0.2, 0) is 4.74 Å². The first-order valence-electron chi connectivity index (χ1n) is 5.63. The molecule has 0 aliphatic heterocycles. The number of nitrogens with zero attached hydrogens (tertiary/aromatic N) is 3. The number of aromatic nitrogens is 4. The maximum absolute atomic E-state index is 11.3. The maximum Gasteiger partial charge on any atom is 0.348 e. The van der Waals surface area contributed by atoms with Gasteiger partial charge in [0.15, 0.2) is 5.65 Å². The standard InChI is InChI=1S/C10H16N6O2/c1-18-5-7(2-3-11)13-8-4-9-14-15-10(17)16(9)6-12-8/h4,6-7,13H,2-3,5,11H2,1H3,(H,15,17). The SMILES string of the molecule is COCC(CCN)Nc1cc2n[nH]c(=O)n2cn1. The Morgan fingerprint density at radius 1 is 1.67 bits per heavy atom. The van der Waals surface area contributed by atoms with Gasteiger partial charge in [0, 0.05) is 13.2 Å². The zero-order valence-electron chi connectivity index (χ0n) is 10.1. The zero-order valence-corrected chi connectivity index (χ0v) is 10.1. The molecule has 0 aromatic carbocycles. The normalized spacial score (nSPS) is 12.8. The van der Waals surface area contributed by atoms with Crippen LogP contribution in [0.15, 0.2) is 17.2 Å². The molecule has 0 amide bonds. The lowest BCUT2D eigenvalue weighted by Crippen LogP contribution is -2.28. The number of nitrogens with two attached hydrogens (primary N) is 1. The fraction of sp³-hybridized carbons (Fsp3) is 0.500. The van der Waals surface area contributed by atoms with E-state index in [-0.39, 0.29) is 11.7 Å². The molecule has 4 N–H and O–H groups in total. The highest BCUT2D eigenvalue weighted by atomic mass is 16.5. The maximum atomic E-state index is 11.3. The first-order valence-corrected chi connectivity index (χ1v) is 5.63. The molecule has 98 valence electrons. The van der Waals surface area contributed by atoms with Crippen LogP contribution in [-0.4, -0.2) is 45.9 Å². The van der Waals surface area contributed by atoms with E-state index in [0.29, 0.717) is 24.6 Å². The molecular weight excluding hydrogens is 236 g/mol. The van der Waals surface area contributed by atoms with Gasteiger partial charge in [-0.25, -0.2) is 19.3 Å². The highest BCUT2D eigenvalue weighted by molar-refractivity contribution is 5.48. The molecule has 0 spiro atoms. The summed E-state index contributed by atoms with van der Waals surface area (Å²) in [7, 11) is 1.63. The van der Waals surface area contributed by atoms with Crippen molar-refractivity contribution in [3.8, 4) is 0 Å². The van der Waals surface area contributed by atoms with Gasteiger partial charge in [0.05, 0.1) is 12.6 Å². The second kappa shape index (κ2) is 5.61. The van der Waals surface area contributed by atoms with Crippen LogP contribution in [0.25, 0.3) is 5.65 Å². The molecule has 2 aromatic heterocycles. The quantitative estimate of drug-likeness (QED) is 0.620. The molecule has 18 heavy (non-hydrogen) atoms. The fourth-order valence-corrected chi connectivity index (χ4v) is 1.70. The van der Waals surface area contributed by atoms with E-state index in [4.69, 9.17) is 10.5 Å².